The summed E-state index contributed by atoms with van der Waals surface area (Å²) in [5, 5.41) is 3.36. The van der Waals surface area contributed by atoms with E-state index in [1.54, 1.807) is 18.2 Å². The quantitative estimate of drug-likeness (QED) is 0.553. The first-order chi connectivity index (χ1) is 9.15. The van der Waals surface area contributed by atoms with Crippen LogP contribution in [0.25, 0.3) is 0 Å². The zero-order valence-electron chi connectivity index (χ0n) is 11.1. The van der Waals surface area contributed by atoms with Gasteiger partial charge in [-0.05, 0) is 43.0 Å². The number of nitrogens with one attached hydrogen (secondary N) is 1. The van der Waals surface area contributed by atoms with Crippen LogP contribution in [0.1, 0.15) is 36.0 Å². The third kappa shape index (κ3) is 6.59. The SMILES string of the molecule is CSCCCCCCNC(=O)c1cc(S)ccc1Cl. The second-order valence-electron chi connectivity index (χ2n) is 4.33. The predicted octanol–water partition coefficient (Wildman–Crippen LogP) is 4.28. The molecule has 1 amide bonds. The van der Waals surface area contributed by atoms with Crippen LogP contribution < -0.4 is 5.32 Å². The van der Waals surface area contributed by atoms with Crippen molar-refractivity contribution in [1.82, 2.24) is 5.32 Å². The maximum absolute atomic E-state index is 11.9. The lowest BCUT2D eigenvalue weighted by atomic mass is 10.2. The fraction of sp³-hybridized carbons (Fsp3) is 0.500. The smallest absolute Gasteiger partial charge is 0.252 e. The lowest BCUT2D eigenvalue weighted by Gasteiger charge is -2.07. The Hall–Kier alpha value is -0.320. The summed E-state index contributed by atoms with van der Waals surface area (Å²) in [4.78, 5) is 12.7. The zero-order valence-corrected chi connectivity index (χ0v) is 13.6. The van der Waals surface area contributed by atoms with Crippen molar-refractivity contribution in [3.8, 4) is 0 Å². The van der Waals surface area contributed by atoms with Gasteiger partial charge in [0.25, 0.3) is 5.91 Å². The lowest BCUT2D eigenvalue weighted by Crippen LogP contribution is -2.24. The van der Waals surface area contributed by atoms with E-state index in [9.17, 15) is 4.79 Å². The zero-order chi connectivity index (χ0) is 14.1. The van der Waals surface area contributed by atoms with Crippen LogP contribution in [-0.4, -0.2) is 24.5 Å². The number of carbonyl (C=O) groups is 1. The molecule has 2 nitrogen and oxygen atoms in total. The number of carbonyl (C=O) groups excluding carboxylic acids is 1. The van der Waals surface area contributed by atoms with Crippen LogP contribution in [0, 0.1) is 0 Å². The second kappa shape index (κ2) is 9.56. The summed E-state index contributed by atoms with van der Waals surface area (Å²) in [5.41, 5.74) is 0.497. The van der Waals surface area contributed by atoms with Gasteiger partial charge in [-0.1, -0.05) is 24.4 Å². The molecule has 5 heteroatoms. The number of unbranched alkanes of at least 4 members (excludes halogenated alkanes) is 3. The van der Waals surface area contributed by atoms with E-state index >= 15 is 0 Å². The highest BCUT2D eigenvalue weighted by atomic mass is 35.5. The van der Waals surface area contributed by atoms with Crippen LogP contribution in [0.4, 0.5) is 0 Å². The van der Waals surface area contributed by atoms with Crippen molar-refractivity contribution in [2.24, 2.45) is 0 Å². The van der Waals surface area contributed by atoms with Gasteiger partial charge >= 0.3 is 0 Å². The molecule has 0 saturated carbocycles. The average Bonchev–Trinajstić information content (AvgIpc) is 2.40. The molecule has 0 heterocycles. The highest BCUT2D eigenvalue weighted by Gasteiger charge is 2.09. The van der Waals surface area contributed by atoms with Gasteiger partial charge in [-0.3, -0.25) is 4.79 Å². The summed E-state index contributed by atoms with van der Waals surface area (Å²) >= 11 is 12.1. The third-order valence-corrected chi connectivity index (χ3v) is 4.06. The molecule has 0 aliphatic heterocycles. The number of halogens is 1. The Morgan fingerprint density at radius 1 is 1.32 bits per heavy atom. The standard InChI is InChI=1S/C14H20ClNOS2/c1-19-9-5-3-2-4-8-16-14(17)12-10-11(18)6-7-13(12)15/h6-7,10,18H,2-5,8-9H2,1H3,(H,16,17). The molecule has 0 fully saturated rings. The Morgan fingerprint density at radius 2 is 2.05 bits per heavy atom. The molecule has 1 aromatic carbocycles. The van der Waals surface area contributed by atoms with E-state index in [1.165, 1.54) is 18.6 Å². The van der Waals surface area contributed by atoms with Crippen molar-refractivity contribution < 1.29 is 4.79 Å². The summed E-state index contributed by atoms with van der Waals surface area (Å²) in [7, 11) is 0. The predicted molar refractivity (Wildman–Crippen MR) is 87.9 cm³/mol. The summed E-state index contributed by atoms with van der Waals surface area (Å²) in [6, 6.07) is 5.16. The first-order valence-electron chi connectivity index (χ1n) is 6.41. The maximum Gasteiger partial charge on any atom is 0.252 e. The number of thioether (sulfide) groups is 1. The van der Waals surface area contributed by atoms with Crippen molar-refractivity contribution in [3.63, 3.8) is 0 Å². The lowest BCUT2D eigenvalue weighted by molar-refractivity contribution is 0.0953. The van der Waals surface area contributed by atoms with Crippen LogP contribution in [-0.2, 0) is 0 Å². The van der Waals surface area contributed by atoms with E-state index < -0.39 is 0 Å². The molecule has 1 rings (SSSR count). The van der Waals surface area contributed by atoms with E-state index in [-0.39, 0.29) is 5.91 Å². The van der Waals surface area contributed by atoms with Crippen molar-refractivity contribution in [2.45, 2.75) is 30.6 Å². The van der Waals surface area contributed by atoms with Gasteiger partial charge < -0.3 is 5.32 Å². The number of rotatable bonds is 8. The Labute approximate surface area is 130 Å². The van der Waals surface area contributed by atoms with Crippen molar-refractivity contribution >= 4 is 41.9 Å². The minimum Gasteiger partial charge on any atom is -0.352 e. The molecular formula is C14H20ClNOS2. The van der Waals surface area contributed by atoms with Gasteiger partial charge in [0.2, 0.25) is 0 Å². The van der Waals surface area contributed by atoms with Crippen molar-refractivity contribution in [1.29, 1.82) is 0 Å². The van der Waals surface area contributed by atoms with Gasteiger partial charge in [0.05, 0.1) is 10.6 Å². The number of hydrogen-bond acceptors (Lipinski definition) is 3. The fourth-order valence-corrected chi connectivity index (χ4v) is 2.61. The van der Waals surface area contributed by atoms with Gasteiger partial charge in [0, 0.05) is 11.4 Å². The largest absolute Gasteiger partial charge is 0.352 e. The molecular weight excluding hydrogens is 298 g/mol. The van der Waals surface area contributed by atoms with Crippen LogP contribution in [0.5, 0.6) is 0 Å². The van der Waals surface area contributed by atoms with Gasteiger partial charge in [0.15, 0.2) is 0 Å². The number of benzene rings is 1. The molecule has 0 aliphatic rings. The summed E-state index contributed by atoms with van der Waals surface area (Å²) in [6.07, 6.45) is 6.77. The number of thiol groups is 1. The first kappa shape index (κ1) is 16.7. The topological polar surface area (TPSA) is 29.1 Å². The second-order valence-corrected chi connectivity index (χ2v) is 6.24. The molecule has 0 aliphatic carbocycles. The van der Waals surface area contributed by atoms with E-state index in [0.717, 1.165) is 17.7 Å². The molecule has 106 valence electrons. The molecule has 0 spiro atoms. The van der Waals surface area contributed by atoms with E-state index in [0.29, 0.717) is 17.1 Å². The van der Waals surface area contributed by atoms with E-state index in [2.05, 4.69) is 24.2 Å². The number of hydrogen-bond donors (Lipinski definition) is 2. The molecule has 19 heavy (non-hydrogen) atoms. The number of amides is 1. The van der Waals surface area contributed by atoms with Gasteiger partial charge in [-0.25, -0.2) is 0 Å². The monoisotopic (exact) mass is 317 g/mol. The first-order valence-corrected chi connectivity index (χ1v) is 8.62. The molecule has 0 atom stereocenters. The Balaban J connectivity index is 2.26. The van der Waals surface area contributed by atoms with E-state index in [1.807, 2.05) is 11.8 Å². The van der Waals surface area contributed by atoms with Gasteiger partial charge in [-0.15, -0.1) is 12.6 Å². The fourth-order valence-electron chi connectivity index (χ4n) is 1.71. The van der Waals surface area contributed by atoms with Crippen LogP contribution in [0.15, 0.2) is 23.1 Å². The van der Waals surface area contributed by atoms with Crippen molar-refractivity contribution in [2.75, 3.05) is 18.6 Å². The minimum atomic E-state index is -0.120. The molecule has 1 aromatic rings. The normalized spacial score (nSPS) is 10.5. The van der Waals surface area contributed by atoms with Gasteiger partial charge in [-0.2, -0.15) is 11.8 Å². The Kier molecular flexibility index (Phi) is 8.42. The summed E-state index contributed by atoms with van der Waals surface area (Å²) < 4.78 is 0. The Morgan fingerprint density at radius 3 is 2.79 bits per heavy atom. The molecule has 0 bridgehead atoms. The highest BCUT2D eigenvalue weighted by molar-refractivity contribution is 7.98. The van der Waals surface area contributed by atoms with Gasteiger partial charge in [0.1, 0.15) is 0 Å². The highest BCUT2D eigenvalue weighted by Crippen LogP contribution is 2.19. The minimum absolute atomic E-state index is 0.120. The Bertz CT molecular complexity index is 412. The maximum atomic E-state index is 11.9. The molecule has 0 unspecified atom stereocenters. The van der Waals surface area contributed by atoms with Crippen molar-refractivity contribution in [3.05, 3.63) is 28.8 Å². The summed E-state index contributed by atoms with van der Waals surface area (Å²) in [5.74, 6) is 1.10. The van der Waals surface area contributed by atoms with Crippen LogP contribution in [0.3, 0.4) is 0 Å². The van der Waals surface area contributed by atoms with Crippen LogP contribution >= 0.6 is 36.0 Å². The molecule has 0 radical (unpaired) electrons. The average molecular weight is 318 g/mol. The van der Waals surface area contributed by atoms with Crippen LogP contribution in [0.2, 0.25) is 5.02 Å². The molecule has 0 aromatic heterocycles. The molecule has 1 N–H and O–H groups in total. The third-order valence-electron chi connectivity index (χ3n) is 2.76. The summed E-state index contributed by atoms with van der Waals surface area (Å²) in [6.45, 7) is 0.700. The van der Waals surface area contributed by atoms with E-state index in [4.69, 9.17) is 11.6 Å². The molecule has 0 saturated heterocycles.